The van der Waals surface area contributed by atoms with E-state index in [1.165, 1.54) is 12.3 Å². The van der Waals surface area contributed by atoms with E-state index in [9.17, 15) is 18.6 Å². The molecule has 0 amide bonds. The van der Waals surface area contributed by atoms with E-state index in [0.29, 0.717) is 12.4 Å². The van der Waals surface area contributed by atoms with Crippen LogP contribution in [0.3, 0.4) is 0 Å². The van der Waals surface area contributed by atoms with E-state index < -0.39 is 22.2 Å². The summed E-state index contributed by atoms with van der Waals surface area (Å²) in [7, 11) is -3.71. The monoisotopic (exact) mass is 287 g/mol. The summed E-state index contributed by atoms with van der Waals surface area (Å²) >= 11 is 0. The normalized spacial score (nSPS) is 24.6. The third-order valence-corrected chi connectivity index (χ3v) is 4.77. The smallest absolute Gasteiger partial charge is 0.244 e. The molecular formula is C11H17N3O4S. The van der Waals surface area contributed by atoms with Crippen LogP contribution in [0.1, 0.15) is 6.92 Å². The lowest BCUT2D eigenvalue weighted by molar-refractivity contribution is 0.0572. The highest BCUT2D eigenvalue weighted by Gasteiger charge is 2.37. The van der Waals surface area contributed by atoms with Gasteiger partial charge >= 0.3 is 0 Å². The van der Waals surface area contributed by atoms with Gasteiger partial charge < -0.3 is 15.5 Å². The first-order valence-corrected chi connectivity index (χ1v) is 7.45. The number of aromatic nitrogens is 1. The van der Waals surface area contributed by atoms with Gasteiger partial charge in [-0.3, -0.25) is 0 Å². The third kappa shape index (κ3) is 2.86. The van der Waals surface area contributed by atoms with Crippen molar-refractivity contribution in [2.24, 2.45) is 0 Å². The highest BCUT2D eigenvalue weighted by Crippen LogP contribution is 2.21. The lowest BCUT2D eigenvalue weighted by Gasteiger charge is -2.15. The molecule has 1 saturated heterocycles. The van der Waals surface area contributed by atoms with Crippen LogP contribution >= 0.6 is 0 Å². The Morgan fingerprint density at radius 3 is 2.47 bits per heavy atom. The van der Waals surface area contributed by atoms with Crippen molar-refractivity contribution in [3.8, 4) is 0 Å². The van der Waals surface area contributed by atoms with Crippen LogP contribution in [0.2, 0.25) is 0 Å². The maximum absolute atomic E-state index is 12.2. The van der Waals surface area contributed by atoms with Crippen LogP contribution in [-0.2, 0) is 10.0 Å². The van der Waals surface area contributed by atoms with Crippen LogP contribution < -0.4 is 5.32 Å². The predicted octanol–water partition coefficient (Wildman–Crippen LogP) is -0.761. The summed E-state index contributed by atoms with van der Waals surface area (Å²) in [6.07, 6.45) is -0.808. The van der Waals surface area contributed by atoms with Gasteiger partial charge in [0.05, 0.1) is 12.2 Å². The second-order valence-electron chi connectivity index (χ2n) is 4.37. The molecule has 7 nitrogen and oxygen atoms in total. The Balaban J connectivity index is 2.20. The third-order valence-electron chi connectivity index (χ3n) is 2.96. The van der Waals surface area contributed by atoms with Crippen molar-refractivity contribution in [1.29, 1.82) is 0 Å². The molecule has 2 unspecified atom stereocenters. The summed E-state index contributed by atoms with van der Waals surface area (Å²) in [4.78, 5) is 4.05. The lowest BCUT2D eigenvalue weighted by Crippen LogP contribution is -2.30. The number of nitrogens with one attached hydrogen (secondary N) is 1. The van der Waals surface area contributed by atoms with Crippen LogP contribution in [0.5, 0.6) is 0 Å². The van der Waals surface area contributed by atoms with E-state index in [0.717, 1.165) is 4.31 Å². The first-order valence-electron chi connectivity index (χ1n) is 6.01. The maximum atomic E-state index is 12.2. The average Bonchev–Trinajstić information content (AvgIpc) is 2.71. The van der Waals surface area contributed by atoms with Crippen molar-refractivity contribution >= 4 is 15.8 Å². The van der Waals surface area contributed by atoms with Gasteiger partial charge in [0.2, 0.25) is 10.0 Å². The molecule has 1 aromatic rings. The number of nitrogens with zero attached hydrogens (tertiary/aromatic N) is 2. The van der Waals surface area contributed by atoms with Crippen LogP contribution in [-0.4, -0.2) is 59.8 Å². The predicted molar refractivity (Wildman–Crippen MR) is 69.2 cm³/mol. The molecule has 0 aliphatic carbocycles. The van der Waals surface area contributed by atoms with Crippen LogP contribution in [0.15, 0.2) is 23.2 Å². The zero-order valence-electron chi connectivity index (χ0n) is 10.5. The van der Waals surface area contributed by atoms with Crippen molar-refractivity contribution in [2.45, 2.75) is 24.0 Å². The minimum atomic E-state index is -3.71. The Morgan fingerprint density at radius 1 is 1.37 bits per heavy atom. The fourth-order valence-corrected chi connectivity index (χ4v) is 3.32. The summed E-state index contributed by atoms with van der Waals surface area (Å²) in [5, 5.41) is 21.8. The summed E-state index contributed by atoms with van der Waals surface area (Å²) in [5.41, 5.74) is 0. The van der Waals surface area contributed by atoms with E-state index >= 15 is 0 Å². The van der Waals surface area contributed by atoms with E-state index in [2.05, 4.69) is 10.3 Å². The van der Waals surface area contributed by atoms with E-state index in [4.69, 9.17) is 0 Å². The van der Waals surface area contributed by atoms with Crippen molar-refractivity contribution in [1.82, 2.24) is 9.29 Å². The van der Waals surface area contributed by atoms with Crippen molar-refractivity contribution < 1.29 is 18.6 Å². The number of hydrogen-bond acceptors (Lipinski definition) is 6. The highest BCUT2D eigenvalue weighted by molar-refractivity contribution is 7.89. The average molecular weight is 287 g/mol. The van der Waals surface area contributed by atoms with E-state index in [-0.39, 0.29) is 18.0 Å². The molecule has 3 N–H and O–H groups in total. The standard InChI is InChI=1S/C11H17N3O4S/c1-2-12-11-4-3-8(5-13-11)19(17,18)14-6-9(15)10(16)7-14/h3-5,9-10,15-16H,2,6-7H2,1H3,(H,12,13). The molecule has 1 aliphatic rings. The minimum Gasteiger partial charge on any atom is -0.389 e. The minimum absolute atomic E-state index is 0.0513. The number of hydrogen-bond donors (Lipinski definition) is 3. The number of anilines is 1. The van der Waals surface area contributed by atoms with Crippen molar-refractivity contribution in [3.05, 3.63) is 18.3 Å². The number of rotatable bonds is 4. The van der Waals surface area contributed by atoms with Crippen LogP contribution in [0.25, 0.3) is 0 Å². The Morgan fingerprint density at radius 2 is 2.00 bits per heavy atom. The summed E-state index contributed by atoms with van der Waals surface area (Å²) in [6, 6.07) is 3.04. The molecule has 106 valence electrons. The molecule has 2 rings (SSSR count). The molecule has 0 saturated carbocycles. The van der Waals surface area contributed by atoms with Gasteiger partial charge in [0.15, 0.2) is 0 Å². The molecule has 0 bridgehead atoms. The Hall–Kier alpha value is -1.22. The van der Waals surface area contributed by atoms with Gasteiger partial charge in [0.1, 0.15) is 10.7 Å². The van der Waals surface area contributed by atoms with Gasteiger partial charge in [-0.05, 0) is 19.1 Å². The Kier molecular flexibility index (Phi) is 4.04. The number of β-amino-alcohol motifs (C(OH)–C–C–N with tert-alkyl or cyclic N) is 2. The molecule has 2 heterocycles. The van der Waals surface area contributed by atoms with Crippen molar-refractivity contribution in [3.63, 3.8) is 0 Å². The van der Waals surface area contributed by atoms with Gasteiger partial charge in [0.25, 0.3) is 0 Å². The quantitative estimate of drug-likeness (QED) is 0.672. The summed E-state index contributed by atoms with van der Waals surface area (Å²) < 4.78 is 25.5. The first kappa shape index (κ1) is 14.2. The van der Waals surface area contributed by atoms with E-state index in [1.54, 1.807) is 6.07 Å². The van der Waals surface area contributed by atoms with Crippen LogP contribution in [0, 0.1) is 0 Å². The summed E-state index contributed by atoms with van der Waals surface area (Å²) in [6.45, 7) is 2.42. The number of aliphatic hydroxyl groups excluding tert-OH is 2. The largest absolute Gasteiger partial charge is 0.389 e. The van der Waals surface area contributed by atoms with Crippen molar-refractivity contribution in [2.75, 3.05) is 25.0 Å². The fourth-order valence-electron chi connectivity index (χ4n) is 1.90. The number of sulfonamides is 1. The second kappa shape index (κ2) is 5.41. The van der Waals surface area contributed by atoms with Crippen LogP contribution in [0.4, 0.5) is 5.82 Å². The zero-order valence-corrected chi connectivity index (χ0v) is 11.3. The van der Waals surface area contributed by atoms with E-state index in [1.807, 2.05) is 6.92 Å². The SMILES string of the molecule is CCNc1ccc(S(=O)(=O)N2CC(O)C(O)C2)cn1. The first-order chi connectivity index (χ1) is 8.95. The van der Waals surface area contributed by atoms with Gasteiger partial charge in [-0.25, -0.2) is 13.4 Å². The number of aliphatic hydroxyl groups is 2. The fraction of sp³-hybridized carbons (Fsp3) is 0.545. The lowest BCUT2D eigenvalue weighted by atomic mass is 10.3. The molecule has 0 aromatic carbocycles. The molecule has 1 aliphatic heterocycles. The van der Waals surface area contributed by atoms with Gasteiger partial charge in [-0.15, -0.1) is 0 Å². The van der Waals surface area contributed by atoms with Gasteiger partial charge in [-0.1, -0.05) is 0 Å². The summed E-state index contributed by atoms with van der Waals surface area (Å²) in [5.74, 6) is 0.600. The molecule has 1 aromatic heterocycles. The van der Waals surface area contributed by atoms with Gasteiger partial charge in [0, 0.05) is 25.8 Å². The Labute approximate surface area is 111 Å². The molecule has 2 atom stereocenters. The Bertz CT molecular complexity index is 521. The number of pyridine rings is 1. The molecule has 1 fully saturated rings. The molecule has 8 heteroatoms. The molecular weight excluding hydrogens is 270 g/mol. The second-order valence-corrected chi connectivity index (χ2v) is 6.30. The highest BCUT2D eigenvalue weighted by atomic mass is 32.2. The molecule has 0 spiro atoms. The molecule has 19 heavy (non-hydrogen) atoms. The zero-order chi connectivity index (χ0) is 14.0. The molecule has 0 radical (unpaired) electrons. The maximum Gasteiger partial charge on any atom is 0.244 e. The van der Waals surface area contributed by atoms with Gasteiger partial charge in [-0.2, -0.15) is 4.31 Å². The topological polar surface area (TPSA) is 103 Å².